The van der Waals surface area contributed by atoms with Crippen molar-refractivity contribution in [2.24, 2.45) is 0 Å². The summed E-state index contributed by atoms with van der Waals surface area (Å²) < 4.78 is 18.2. The summed E-state index contributed by atoms with van der Waals surface area (Å²) in [5.74, 6) is 1.13. The van der Waals surface area contributed by atoms with Gasteiger partial charge in [0.15, 0.2) is 11.5 Å². The summed E-state index contributed by atoms with van der Waals surface area (Å²) >= 11 is 52.5. The smallest absolute Gasteiger partial charge is 0.158 e. The number of hydrogen-bond acceptors (Lipinski definition) is 1. The second kappa shape index (κ2) is 14.4. The van der Waals surface area contributed by atoms with E-state index < -0.39 is 0 Å². The molecule has 0 aliphatic heterocycles. The van der Waals surface area contributed by atoms with Crippen molar-refractivity contribution < 1.29 is 4.74 Å². The highest BCUT2D eigenvalue weighted by atomic mass is 79.9. The molecule has 0 saturated carbocycles. The van der Waals surface area contributed by atoms with Gasteiger partial charge >= 0.3 is 0 Å². The van der Waals surface area contributed by atoms with Crippen molar-refractivity contribution in [1.29, 1.82) is 0 Å². The molecule has 0 aromatic heterocycles. The van der Waals surface area contributed by atoms with E-state index in [1.807, 2.05) is 18.2 Å². The van der Waals surface area contributed by atoms with Gasteiger partial charge in [0, 0.05) is 52.5 Å². The van der Waals surface area contributed by atoms with E-state index in [9.17, 15) is 0 Å². The van der Waals surface area contributed by atoms with E-state index in [1.54, 1.807) is 0 Å². The molecule has 4 aromatic rings. The summed E-state index contributed by atoms with van der Waals surface area (Å²) in [6, 6.07) is 8.05. The molecule has 0 N–H and O–H groups in total. The first-order valence-electron chi connectivity index (χ1n) is 9.88. The van der Waals surface area contributed by atoms with Crippen LogP contribution in [-0.2, 0) is 0 Å². The Hall–Kier alpha value is 3.40. The molecule has 0 radical (unpaired) electrons. The molecule has 39 heavy (non-hydrogen) atoms. The number of rotatable bonds is 4. The molecule has 4 rings (SSSR count). The number of halogens is 14. The molecule has 0 amide bonds. The van der Waals surface area contributed by atoms with Crippen molar-refractivity contribution in [3.63, 3.8) is 0 Å². The van der Waals surface area contributed by atoms with E-state index >= 15 is 0 Å². The van der Waals surface area contributed by atoms with E-state index in [0.29, 0.717) is 16.0 Å². The minimum Gasteiger partial charge on any atom is -0.453 e. The monoisotopic (exact) mass is 1410 g/mol. The minimum absolute atomic E-state index is 0.564. The Balaban J connectivity index is 2.26. The fourth-order valence-electron chi connectivity index (χ4n) is 3.49. The average Bonchev–Trinajstić information content (AvgIpc) is 2.92. The van der Waals surface area contributed by atoms with Crippen molar-refractivity contribution in [2.45, 2.75) is 0 Å². The maximum absolute atomic E-state index is 6.86. The molecule has 0 aliphatic carbocycles. The third-order valence-electron chi connectivity index (χ3n) is 5.26. The molecular formula is C24H4Br14O. The second-order valence-electron chi connectivity index (χ2n) is 7.45. The van der Waals surface area contributed by atoms with Crippen LogP contribution in [0.5, 0.6) is 11.5 Å². The van der Waals surface area contributed by atoms with Gasteiger partial charge < -0.3 is 4.74 Å². The summed E-state index contributed by atoms with van der Waals surface area (Å²) in [6.45, 7) is 0. The molecule has 0 bridgehead atoms. The van der Waals surface area contributed by atoms with Crippen LogP contribution in [0.15, 0.2) is 86.9 Å². The first-order chi connectivity index (χ1) is 18.2. The van der Waals surface area contributed by atoms with Crippen LogP contribution in [-0.4, -0.2) is 0 Å². The first-order valence-corrected chi connectivity index (χ1v) is 21.0. The topological polar surface area (TPSA) is 9.23 Å². The van der Waals surface area contributed by atoms with Gasteiger partial charge in [0.25, 0.3) is 0 Å². The van der Waals surface area contributed by atoms with Crippen molar-refractivity contribution >= 4 is 223 Å². The quantitative estimate of drug-likeness (QED) is 0.146. The fraction of sp³-hybridized carbons (Fsp3) is 0. The Kier molecular flexibility index (Phi) is 13.1. The molecule has 4 aromatic carbocycles. The van der Waals surface area contributed by atoms with Gasteiger partial charge in [-0.1, -0.05) is 34.1 Å². The number of hydrogen-bond donors (Lipinski definition) is 0. The molecular weight excluding hydrogens is 1420 g/mol. The van der Waals surface area contributed by atoms with E-state index in [4.69, 9.17) is 4.74 Å². The van der Waals surface area contributed by atoms with Gasteiger partial charge in [0.1, 0.15) is 0 Å². The van der Waals surface area contributed by atoms with E-state index in [-0.39, 0.29) is 0 Å². The van der Waals surface area contributed by atoms with Crippen molar-refractivity contribution in [1.82, 2.24) is 0 Å². The van der Waals surface area contributed by atoms with Crippen molar-refractivity contribution in [3.8, 4) is 33.8 Å². The maximum Gasteiger partial charge on any atom is 0.158 e. The number of ether oxygens (including phenoxy) is 1. The summed E-state index contributed by atoms with van der Waals surface area (Å²) in [5, 5.41) is 0. The zero-order valence-corrected chi connectivity index (χ0v) is 40.2. The van der Waals surface area contributed by atoms with Crippen LogP contribution in [0, 0.1) is 0 Å². The summed E-state index contributed by atoms with van der Waals surface area (Å²) in [7, 11) is 0. The van der Waals surface area contributed by atoms with Crippen LogP contribution in [0.25, 0.3) is 22.3 Å². The van der Waals surface area contributed by atoms with Gasteiger partial charge in [0.05, 0.1) is 26.8 Å². The Labute approximate surface area is 342 Å². The van der Waals surface area contributed by atoms with Gasteiger partial charge in [-0.25, -0.2) is 0 Å². The predicted molar refractivity (Wildman–Crippen MR) is 212 cm³/mol. The zero-order chi connectivity index (χ0) is 29.1. The molecule has 1 nitrogen and oxygen atoms in total. The van der Waals surface area contributed by atoms with Gasteiger partial charge in [-0.15, -0.1) is 0 Å². The van der Waals surface area contributed by atoms with E-state index in [0.717, 1.165) is 80.4 Å². The fourth-order valence-corrected chi connectivity index (χ4v) is 12.3. The third kappa shape index (κ3) is 6.64. The predicted octanol–water partition coefficient (Wildman–Crippen LogP) is 17.5. The van der Waals surface area contributed by atoms with Crippen LogP contribution in [0.4, 0.5) is 0 Å². The van der Waals surface area contributed by atoms with Gasteiger partial charge in [-0.05, 0) is 219 Å². The van der Waals surface area contributed by atoms with Gasteiger partial charge in [-0.2, -0.15) is 0 Å². The molecule has 0 spiro atoms. The van der Waals surface area contributed by atoms with E-state index in [2.05, 4.69) is 229 Å². The lowest BCUT2D eigenvalue weighted by molar-refractivity contribution is 0.474. The highest BCUT2D eigenvalue weighted by Crippen LogP contribution is 2.60. The lowest BCUT2D eigenvalue weighted by Crippen LogP contribution is -2.00. The van der Waals surface area contributed by atoms with Crippen LogP contribution >= 0.6 is 223 Å². The van der Waals surface area contributed by atoms with E-state index in [1.165, 1.54) is 0 Å². The maximum atomic E-state index is 6.86. The molecule has 0 atom stereocenters. The zero-order valence-electron chi connectivity index (χ0n) is 18.0. The summed E-state index contributed by atoms with van der Waals surface area (Å²) in [5.41, 5.74) is 3.53. The molecule has 0 fully saturated rings. The molecule has 0 saturated heterocycles. The van der Waals surface area contributed by atoms with Crippen LogP contribution in [0.1, 0.15) is 0 Å². The molecule has 0 unspecified atom stereocenters. The average molecular weight is 1430 g/mol. The highest BCUT2D eigenvalue weighted by molar-refractivity contribution is 9.16. The standard InChI is InChI=1S/C24H4Br14O/c25-6-4-2-1-3-5(6)7-8(9-11(27)13(29)16(32)14(30)12(9)28)23(20(36)15(31)10(7)26)39-24-21(37)18(34)17(33)19(35)22(24)38/h1-4H. The lowest BCUT2D eigenvalue weighted by Gasteiger charge is -2.25. The summed E-state index contributed by atoms with van der Waals surface area (Å²) in [4.78, 5) is 0. The Morgan fingerprint density at radius 3 is 1.18 bits per heavy atom. The SMILES string of the molecule is Brc1ccccc1-c1c(Br)c(Br)c(Br)c(Oc2c(Br)c(Br)c(Br)c(Br)c2Br)c1-c1c(Br)c(Br)c(Br)c(Br)c1Br. The second-order valence-corrected chi connectivity index (χ2v) is 18.6. The Morgan fingerprint density at radius 1 is 0.333 bits per heavy atom. The Morgan fingerprint density at radius 2 is 0.692 bits per heavy atom. The Bertz CT molecular complexity index is 1620. The molecule has 0 aliphatic rings. The lowest BCUT2D eigenvalue weighted by atomic mass is 9.93. The van der Waals surface area contributed by atoms with Crippen LogP contribution in [0.2, 0.25) is 0 Å². The van der Waals surface area contributed by atoms with Crippen molar-refractivity contribution in [3.05, 3.63) is 86.9 Å². The van der Waals surface area contributed by atoms with Crippen LogP contribution in [0.3, 0.4) is 0 Å². The summed E-state index contributed by atoms with van der Waals surface area (Å²) in [6.07, 6.45) is 0. The van der Waals surface area contributed by atoms with Gasteiger partial charge in [0.2, 0.25) is 0 Å². The third-order valence-corrected chi connectivity index (χ3v) is 21.5. The van der Waals surface area contributed by atoms with Gasteiger partial charge in [-0.3, -0.25) is 0 Å². The number of benzene rings is 4. The normalized spacial score (nSPS) is 11.3. The largest absolute Gasteiger partial charge is 0.453 e. The first kappa shape index (κ1) is 35.3. The highest BCUT2D eigenvalue weighted by Gasteiger charge is 2.31. The molecule has 204 valence electrons. The van der Waals surface area contributed by atoms with Crippen LogP contribution < -0.4 is 4.74 Å². The molecule has 15 heteroatoms. The molecule has 0 heterocycles. The minimum atomic E-state index is 0.564. The van der Waals surface area contributed by atoms with Crippen molar-refractivity contribution in [2.75, 3.05) is 0 Å².